The second kappa shape index (κ2) is 9.98. The predicted octanol–water partition coefficient (Wildman–Crippen LogP) is 6.17. The van der Waals surface area contributed by atoms with Crippen molar-refractivity contribution in [3.63, 3.8) is 0 Å². The van der Waals surface area contributed by atoms with Gasteiger partial charge in [-0.25, -0.2) is 18.4 Å². The average molecular weight is 603 g/mol. The molecular weight excluding hydrogens is 586 g/mol. The SMILES string of the molecule is CS(=O)(=O)c1ccc(-c2c(-c3ccccc3)cc(-c3ccnc(C(F)(F)F)n3)c(C(F)(F)F)c2S(=O)(=O)O)cc1. The van der Waals surface area contributed by atoms with Crippen LogP contribution in [0.2, 0.25) is 0 Å². The Bertz CT molecular complexity index is 1810. The third-order valence-corrected chi connectivity index (χ3v) is 7.72. The van der Waals surface area contributed by atoms with E-state index in [1.165, 1.54) is 24.3 Å². The normalized spacial score (nSPS) is 12.9. The summed E-state index contributed by atoms with van der Waals surface area (Å²) in [6.45, 7) is 0. The van der Waals surface area contributed by atoms with Crippen molar-refractivity contribution < 1.29 is 47.7 Å². The molecule has 0 aliphatic rings. The summed E-state index contributed by atoms with van der Waals surface area (Å²) in [5.74, 6) is -1.77. The minimum absolute atomic E-state index is 0.134. The first-order chi connectivity index (χ1) is 18.4. The number of rotatable bonds is 5. The van der Waals surface area contributed by atoms with E-state index in [2.05, 4.69) is 9.97 Å². The van der Waals surface area contributed by atoms with Crippen LogP contribution in [0.5, 0.6) is 0 Å². The van der Waals surface area contributed by atoms with E-state index < -0.39 is 65.4 Å². The molecule has 0 aliphatic carbocycles. The Morgan fingerprint density at radius 3 is 1.85 bits per heavy atom. The van der Waals surface area contributed by atoms with Crippen LogP contribution in [0, 0.1) is 0 Å². The van der Waals surface area contributed by atoms with E-state index in [0.29, 0.717) is 6.20 Å². The number of hydrogen-bond acceptors (Lipinski definition) is 6. The lowest BCUT2D eigenvalue weighted by Crippen LogP contribution is -2.18. The highest BCUT2D eigenvalue weighted by Crippen LogP contribution is 2.49. The van der Waals surface area contributed by atoms with E-state index in [4.69, 9.17) is 0 Å². The molecule has 0 saturated carbocycles. The lowest BCUT2D eigenvalue weighted by atomic mass is 9.88. The standard InChI is InChI=1S/C25H16F6N2O5S2/c1-39(34,35)16-9-7-15(8-10-16)20-17(14-5-3-2-4-6-14)13-18(19-11-12-32-23(33-19)25(29,30)31)21(24(26,27)28)22(20)40(36,37)38/h2-13H,1H3,(H,36,37,38). The fourth-order valence-corrected chi connectivity index (χ4v) is 5.65. The van der Waals surface area contributed by atoms with Crippen LogP contribution in [-0.2, 0) is 32.3 Å². The molecule has 40 heavy (non-hydrogen) atoms. The Morgan fingerprint density at radius 2 is 1.35 bits per heavy atom. The highest BCUT2D eigenvalue weighted by Gasteiger charge is 2.43. The second-order valence-corrected chi connectivity index (χ2v) is 11.8. The summed E-state index contributed by atoms with van der Waals surface area (Å²) in [6.07, 6.45) is -9.21. The Labute approximate surface area is 223 Å². The van der Waals surface area contributed by atoms with Crippen molar-refractivity contribution in [2.24, 2.45) is 0 Å². The molecule has 15 heteroatoms. The van der Waals surface area contributed by atoms with Gasteiger partial charge in [0, 0.05) is 23.6 Å². The Kier molecular flexibility index (Phi) is 7.28. The molecule has 0 bridgehead atoms. The van der Waals surface area contributed by atoms with Gasteiger partial charge in [0.15, 0.2) is 9.84 Å². The van der Waals surface area contributed by atoms with Crippen LogP contribution >= 0.6 is 0 Å². The third-order valence-electron chi connectivity index (χ3n) is 5.66. The van der Waals surface area contributed by atoms with Gasteiger partial charge in [0.2, 0.25) is 5.82 Å². The molecule has 1 N–H and O–H groups in total. The van der Waals surface area contributed by atoms with Crippen molar-refractivity contribution in [1.29, 1.82) is 0 Å². The van der Waals surface area contributed by atoms with Crippen molar-refractivity contribution in [3.05, 3.63) is 84.3 Å². The quantitative estimate of drug-likeness (QED) is 0.215. The number of nitrogens with zero attached hydrogens (tertiary/aromatic N) is 2. The number of alkyl halides is 6. The summed E-state index contributed by atoms with van der Waals surface area (Å²) in [7, 11) is -9.48. The molecule has 0 atom stereocenters. The Balaban J connectivity index is 2.24. The summed E-state index contributed by atoms with van der Waals surface area (Å²) >= 11 is 0. The van der Waals surface area contributed by atoms with Gasteiger partial charge in [0.05, 0.1) is 16.2 Å². The van der Waals surface area contributed by atoms with Gasteiger partial charge < -0.3 is 0 Å². The monoisotopic (exact) mass is 602 g/mol. The van der Waals surface area contributed by atoms with E-state index in [9.17, 15) is 47.7 Å². The molecule has 1 heterocycles. The molecular formula is C25H16F6N2O5S2. The highest BCUT2D eigenvalue weighted by molar-refractivity contribution is 7.90. The summed E-state index contributed by atoms with van der Waals surface area (Å²) in [5, 5.41) is 0. The minimum Gasteiger partial charge on any atom is -0.282 e. The van der Waals surface area contributed by atoms with Gasteiger partial charge in [-0.05, 0) is 41.0 Å². The van der Waals surface area contributed by atoms with Gasteiger partial charge >= 0.3 is 12.4 Å². The summed E-state index contributed by atoms with van der Waals surface area (Å²) < 4.78 is 143. The number of halogens is 6. The van der Waals surface area contributed by atoms with Crippen molar-refractivity contribution in [2.75, 3.05) is 6.26 Å². The molecule has 7 nitrogen and oxygen atoms in total. The fourth-order valence-electron chi connectivity index (χ4n) is 4.05. The first kappa shape index (κ1) is 29.2. The topological polar surface area (TPSA) is 114 Å². The maximum atomic E-state index is 14.6. The molecule has 0 fully saturated rings. The zero-order chi connectivity index (χ0) is 29.7. The van der Waals surface area contributed by atoms with Crippen LogP contribution in [-0.4, -0.2) is 37.6 Å². The van der Waals surface area contributed by atoms with E-state index >= 15 is 0 Å². The number of aromatic nitrogens is 2. The maximum Gasteiger partial charge on any atom is 0.451 e. The van der Waals surface area contributed by atoms with Gasteiger partial charge in [0.25, 0.3) is 10.1 Å². The first-order valence-electron chi connectivity index (χ1n) is 10.9. The summed E-state index contributed by atoms with van der Waals surface area (Å²) in [5.41, 5.74) is -4.92. The Morgan fingerprint density at radius 1 is 0.750 bits per heavy atom. The van der Waals surface area contributed by atoms with Gasteiger partial charge in [0.1, 0.15) is 4.90 Å². The molecule has 4 aromatic rings. The summed E-state index contributed by atoms with van der Waals surface area (Å²) in [6, 6.07) is 13.0. The van der Waals surface area contributed by atoms with Crippen molar-refractivity contribution in [1.82, 2.24) is 9.97 Å². The van der Waals surface area contributed by atoms with Crippen LogP contribution in [0.1, 0.15) is 11.4 Å². The van der Waals surface area contributed by atoms with Gasteiger partial charge in [-0.3, -0.25) is 4.55 Å². The zero-order valence-corrected chi connectivity index (χ0v) is 21.6. The molecule has 0 radical (unpaired) electrons. The van der Waals surface area contributed by atoms with Gasteiger partial charge in [-0.1, -0.05) is 42.5 Å². The third kappa shape index (κ3) is 5.85. The number of hydrogen-bond donors (Lipinski definition) is 1. The largest absolute Gasteiger partial charge is 0.451 e. The minimum atomic E-state index is -5.74. The zero-order valence-electron chi connectivity index (χ0n) is 20.0. The molecule has 0 amide bonds. The van der Waals surface area contributed by atoms with Crippen LogP contribution < -0.4 is 0 Å². The fraction of sp³-hybridized carbons (Fsp3) is 0.120. The molecule has 0 aliphatic heterocycles. The summed E-state index contributed by atoms with van der Waals surface area (Å²) in [4.78, 5) is 4.38. The van der Waals surface area contributed by atoms with E-state index in [1.54, 1.807) is 6.07 Å². The van der Waals surface area contributed by atoms with Crippen molar-refractivity contribution in [2.45, 2.75) is 22.1 Å². The first-order valence-corrected chi connectivity index (χ1v) is 14.2. The molecule has 0 saturated heterocycles. The molecule has 3 aromatic carbocycles. The van der Waals surface area contributed by atoms with Gasteiger partial charge in [-0.2, -0.15) is 34.8 Å². The van der Waals surface area contributed by atoms with Crippen molar-refractivity contribution in [3.8, 4) is 33.5 Å². The van der Waals surface area contributed by atoms with Crippen molar-refractivity contribution >= 4 is 20.0 Å². The van der Waals surface area contributed by atoms with E-state index in [1.807, 2.05) is 0 Å². The molecule has 4 rings (SSSR count). The molecule has 0 spiro atoms. The highest BCUT2D eigenvalue weighted by atomic mass is 32.2. The Hall–Kier alpha value is -3.82. The molecule has 210 valence electrons. The number of benzene rings is 3. The number of sulfone groups is 1. The second-order valence-electron chi connectivity index (χ2n) is 8.45. The van der Waals surface area contributed by atoms with Crippen LogP contribution in [0.15, 0.2) is 82.7 Å². The lowest BCUT2D eigenvalue weighted by molar-refractivity contribution is -0.144. The van der Waals surface area contributed by atoms with Crippen LogP contribution in [0.3, 0.4) is 0 Å². The molecule has 1 aromatic heterocycles. The lowest BCUT2D eigenvalue weighted by Gasteiger charge is -2.23. The molecule has 0 unspecified atom stereocenters. The average Bonchev–Trinajstić information content (AvgIpc) is 2.86. The van der Waals surface area contributed by atoms with Crippen LogP contribution in [0.25, 0.3) is 33.5 Å². The smallest absolute Gasteiger partial charge is 0.282 e. The van der Waals surface area contributed by atoms with Gasteiger partial charge in [-0.15, -0.1) is 0 Å². The maximum absolute atomic E-state index is 14.6. The predicted molar refractivity (Wildman–Crippen MR) is 131 cm³/mol. The van der Waals surface area contributed by atoms with E-state index in [-0.39, 0.29) is 21.6 Å². The van der Waals surface area contributed by atoms with E-state index in [0.717, 1.165) is 42.7 Å². The van der Waals surface area contributed by atoms with Crippen LogP contribution in [0.4, 0.5) is 26.3 Å².